The van der Waals surface area contributed by atoms with Crippen molar-refractivity contribution >= 4 is 78.1 Å². The number of pyridine rings is 1. The zero-order chi connectivity index (χ0) is 25.6. The summed E-state index contributed by atoms with van der Waals surface area (Å²) in [5.74, 6) is -2.36. The van der Waals surface area contributed by atoms with Crippen molar-refractivity contribution in [2.45, 2.75) is 18.0 Å². The number of hydrogen-bond donors (Lipinski definition) is 3. The van der Waals surface area contributed by atoms with Gasteiger partial charge in [-0.3, -0.25) is 14.5 Å². The molecule has 1 saturated heterocycles. The molecule has 0 bridgehead atoms. The predicted octanol–water partition coefficient (Wildman–Crippen LogP) is -0.736. The molecule has 1 unspecified atom stereocenters. The van der Waals surface area contributed by atoms with Gasteiger partial charge in [0.05, 0.1) is 22.1 Å². The predicted molar refractivity (Wildman–Crippen MR) is 134 cm³/mol. The highest BCUT2D eigenvalue weighted by molar-refractivity contribution is 8.00. The molecule has 2 atom stereocenters. The van der Waals surface area contributed by atoms with Gasteiger partial charge in [0.1, 0.15) is 24.2 Å². The van der Waals surface area contributed by atoms with E-state index in [2.05, 4.69) is 15.5 Å². The highest BCUT2D eigenvalue weighted by Crippen LogP contribution is 2.40. The number of thiophene rings is 1. The van der Waals surface area contributed by atoms with Crippen molar-refractivity contribution in [3.63, 3.8) is 0 Å². The molecule has 15 heteroatoms. The van der Waals surface area contributed by atoms with Crippen LogP contribution in [0.5, 0.6) is 0 Å². The second-order valence-electron chi connectivity index (χ2n) is 7.88. The van der Waals surface area contributed by atoms with Crippen molar-refractivity contribution in [2.75, 3.05) is 24.3 Å². The molecule has 0 saturated carbocycles. The Morgan fingerprint density at radius 2 is 2.22 bits per heavy atom. The highest BCUT2D eigenvalue weighted by Gasteiger charge is 2.53. The first-order chi connectivity index (χ1) is 17.3. The monoisotopic (exact) mass is 545 g/mol. The summed E-state index contributed by atoms with van der Waals surface area (Å²) >= 11 is 3.94. The summed E-state index contributed by atoms with van der Waals surface area (Å²) in [6, 6.07) is 2.81. The normalized spacial score (nSPS) is 19.8. The van der Waals surface area contributed by atoms with Crippen LogP contribution >= 0.6 is 34.4 Å². The molecule has 5 heterocycles. The lowest BCUT2D eigenvalue weighted by molar-refractivity contribution is -0.687. The van der Waals surface area contributed by atoms with Gasteiger partial charge in [-0.1, -0.05) is 5.16 Å². The number of β-lactam (4-membered cyclic amide) rings is 1. The second-order valence-corrected chi connectivity index (χ2v) is 11.0. The summed E-state index contributed by atoms with van der Waals surface area (Å²) < 4.78 is 2.86. The summed E-state index contributed by atoms with van der Waals surface area (Å²) in [6.45, 7) is 0.255. The zero-order valence-electron chi connectivity index (χ0n) is 18.7. The van der Waals surface area contributed by atoms with Crippen molar-refractivity contribution in [3.8, 4) is 0 Å². The molecule has 5 N–H and O–H groups in total. The van der Waals surface area contributed by atoms with Crippen LogP contribution in [0, 0.1) is 0 Å². The third-order valence-corrected chi connectivity index (χ3v) is 8.55. The number of oxime groups is 1. The number of aromatic nitrogens is 2. The fraction of sp³-hybridized carbons (Fsp3) is 0.238. The number of fused-ring (bicyclic) bond motifs is 2. The molecule has 2 aliphatic heterocycles. The van der Waals surface area contributed by atoms with E-state index >= 15 is 0 Å². The van der Waals surface area contributed by atoms with Crippen molar-refractivity contribution in [1.29, 1.82) is 0 Å². The number of nitrogens with two attached hydrogens (primary N) is 2. The van der Waals surface area contributed by atoms with Crippen molar-refractivity contribution in [2.24, 2.45) is 5.16 Å². The molecular formula is C21H19N7O5S3. The number of hydrogen-bond acceptors (Lipinski definition) is 12. The number of thioether (sulfide) groups is 1. The van der Waals surface area contributed by atoms with Crippen molar-refractivity contribution in [3.05, 3.63) is 46.9 Å². The van der Waals surface area contributed by atoms with E-state index in [0.29, 0.717) is 16.3 Å². The zero-order valence-corrected chi connectivity index (χ0v) is 21.1. The van der Waals surface area contributed by atoms with Gasteiger partial charge in [0.15, 0.2) is 29.8 Å². The summed E-state index contributed by atoms with van der Waals surface area (Å²) in [7, 11) is 1.28. The van der Waals surface area contributed by atoms with Crippen molar-refractivity contribution in [1.82, 2.24) is 15.2 Å². The van der Waals surface area contributed by atoms with E-state index in [0.717, 1.165) is 21.4 Å². The maximum atomic E-state index is 13.0. The maximum Gasteiger partial charge on any atom is 0.276 e. The molecule has 2 amide bonds. The number of carboxylic acids is 1. The third kappa shape index (κ3) is 4.25. The Bertz CT molecular complexity index is 1460. The number of carbonyl (C=O) groups is 3. The van der Waals surface area contributed by atoms with Gasteiger partial charge in [-0.05, 0) is 6.07 Å². The summed E-state index contributed by atoms with van der Waals surface area (Å²) in [5.41, 5.74) is 11.9. The number of rotatable bonds is 7. The number of aliphatic carboxylic acids is 1. The molecule has 0 radical (unpaired) electrons. The Hall–Kier alpha value is -3.69. The SMILES string of the molecule is CON=C(C(=O)NC1C(=O)N2C(C(=O)[O-])=C(C[n+]3ccc4sc(N)cc4c3)CS[C@@H]12)c1csc(N)n1. The van der Waals surface area contributed by atoms with Gasteiger partial charge in [-0.15, -0.1) is 34.4 Å². The topological polar surface area (TPSA) is 180 Å². The standard InChI is InChI=1S/C21H19N7O5S3/c1-33-26-14(11-8-35-21(23)24-11)17(29)25-15-18(30)28-16(20(31)32)10(7-34-19(15)28)6-27-3-2-12-9(5-27)4-13(22)36-12/h2-5,8,15,19H,6-7,22H2,1H3,(H3-,23,24,25,29,31,32)/t15?,19-/m0/s1. The van der Waals surface area contributed by atoms with Crippen LogP contribution in [-0.4, -0.2) is 57.7 Å². The first kappa shape index (κ1) is 24.0. The Morgan fingerprint density at radius 3 is 2.92 bits per heavy atom. The van der Waals surface area contributed by atoms with Gasteiger partial charge in [0.2, 0.25) is 0 Å². The molecule has 3 aromatic rings. The molecule has 186 valence electrons. The molecule has 3 aromatic heterocycles. The van der Waals surface area contributed by atoms with Crippen LogP contribution in [0.15, 0.2) is 46.3 Å². The number of amides is 2. The Balaban J connectivity index is 1.36. The summed E-state index contributed by atoms with van der Waals surface area (Å²) in [5, 5.41) is 21.2. The lowest BCUT2D eigenvalue weighted by atomic mass is 10.0. The smallest absolute Gasteiger partial charge is 0.276 e. The van der Waals surface area contributed by atoms with Gasteiger partial charge in [0.25, 0.3) is 11.8 Å². The lowest BCUT2D eigenvalue weighted by Crippen LogP contribution is -2.71. The van der Waals surface area contributed by atoms with E-state index in [1.54, 1.807) is 5.38 Å². The number of nitrogens with zero attached hydrogens (tertiary/aromatic N) is 4. The minimum Gasteiger partial charge on any atom is -0.543 e. The van der Waals surface area contributed by atoms with Crippen molar-refractivity contribution < 1.29 is 28.9 Å². The van der Waals surface area contributed by atoms with Gasteiger partial charge in [0, 0.05) is 27.5 Å². The summed E-state index contributed by atoms with van der Waals surface area (Å²) in [4.78, 5) is 47.9. The number of anilines is 2. The number of nitrogen functional groups attached to an aromatic ring is 2. The molecule has 0 spiro atoms. The number of carboxylic acid groups (broad SMARTS) is 1. The van der Waals surface area contributed by atoms with E-state index in [4.69, 9.17) is 16.3 Å². The largest absolute Gasteiger partial charge is 0.543 e. The summed E-state index contributed by atoms with van der Waals surface area (Å²) in [6.07, 6.45) is 3.71. The Labute approximate surface area is 216 Å². The fourth-order valence-electron chi connectivity index (χ4n) is 4.07. The molecule has 0 aliphatic carbocycles. The van der Waals surface area contributed by atoms with E-state index in [9.17, 15) is 19.5 Å². The van der Waals surface area contributed by atoms with E-state index < -0.39 is 29.2 Å². The molecule has 0 aromatic carbocycles. The average Bonchev–Trinajstić information content (AvgIpc) is 3.44. The molecule has 12 nitrogen and oxygen atoms in total. The van der Waals surface area contributed by atoms with E-state index in [-0.39, 0.29) is 28.8 Å². The minimum atomic E-state index is -1.45. The Kier molecular flexibility index (Phi) is 6.27. The molecule has 1 fully saturated rings. The first-order valence-corrected chi connectivity index (χ1v) is 13.2. The number of carbonyl (C=O) groups excluding carboxylic acids is 3. The molecular weight excluding hydrogens is 526 g/mol. The molecule has 36 heavy (non-hydrogen) atoms. The lowest BCUT2D eigenvalue weighted by Gasteiger charge is -2.50. The van der Waals surface area contributed by atoms with Crippen LogP contribution in [0.4, 0.5) is 10.1 Å². The van der Waals surface area contributed by atoms with Crippen LogP contribution in [0.2, 0.25) is 0 Å². The van der Waals surface area contributed by atoms with Crippen LogP contribution < -0.4 is 26.5 Å². The Morgan fingerprint density at radius 1 is 1.42 bits per heavy atom. The van der Waals surface area contributed by atoms with Gasteiger partial charge < -0.3 is 31.5 Å². The molecule has 2 aliphatic rings. The quantitative estimate of drug-likeness (QED) is 0.149. The van der Waals surface area contributed by atoms with Gasteiger partial charge in [-0.2, -0.15) is 0 Å². The average molecular weight is 546 g/mol. The van der Waals surface area contributed by atoms with Crippen LogP contribution in [-0.2, 0) is 25.8 Å². The second kappa shape index (κ2) is 9.40. The van der Waals surface area contributed by atoms with E-state index in [1.807, 2.05) is 29.1 Å². The minimum absolute atomic E-state index is 0.144. The highest BCUT2D eigenvalue weighted by atomic mass is 32.2. The maximum absolute atomic E-state index is 13.0. The third-order valence-electron chi connectivity index (χ3n) is 5.60. The van der Waals surface area contributed by atoms with Crippen LogP contribution in [0.25, 0.3) is 10.1 Å². The first-order valence-electron chi connectivity index (χ1n) is 10.5. The number of nitrogens with one attached hydrogen (secondary N) is 1. The van der Waals surface area contributed by atoms with Crippen LogP contribution in [0.3, 0.4) is 0 Å². The van der Waals surface area contributed by atoms with Crippen LogP contribution in [0.1, 0.15) is 5.69 Å². The van der Waals surface area contributed by atoms with Gasteiger partial charge >= 0.3 is 0 Å². The fourth-order valence-corrected chi connectivity index (χ4v) is 6.75. The number of thiazole rings is 1. The van der Waals surface area contributed by atoms with E-state index in [1.165, 1.54) is 35.1 Å². The molecule has 5 rings (SSSR count). The van der Waals surface area contributed by atoms with Gasteiger partial charge in [-0.25, -0.2) is 9.55 Å².